The van der Waals surface area contributed by atoms with Gasteiger partial charge in [0.1, 0.15) is 0 Å². The molecule has 1 amide bonds. The highest BCUT2D eigenvalue weighted by atomic mass is 16.4. The normalized spacial score (nSPS) is 19.0. The van der Waals surface area contributed by atoms with Crippen LogP contribution in [0.2, 0.25) is 0 Å². The van der Waals surface area contributed by atoms with Gasteiger partial charge in [-0.3, -0.25) is 14.6 Å². The number of aliphatic carboxylic acids is 1. The van der Waals surface area contributed by atoms with Gasteiger partial charge >= 0.3 is 5.97 Å². The molecule has 1 aromatic carbocycles. The number of aromatic nitrogens is 1. The Bertz CT molecular complexity index is 836. The number of hydrogen-bond donors (Lipinski definition) is 2. The number of fused-ring (bicyclic) bond motifs is 1. The summed E-state index contributed by atoms with van der Waals surface area (Å²) in [6.07, 6.45) is 5.59. The van der Waals surface area contributed by atoms with Crippen molar-refractivity contribution in [2.45, 2.75) is 56.4 Å². The fraction of sp³-hybridized carbons (Fsp3) is 0.450. The van der Waals surface area contributed by atoms with E-state index in [4.69, 9.17) is 4.98 Å². The fourth-order valence-corrected chi connectivity index (χ4v) is 3.97. The zero-order valence-electron chi connectivity index (χ0n) is 14.1. The van der Waals surface area contributed by atoms with E-state index in [2.05, 4.69) is 5.32 Å². The second-order valence-electron chi connectivity index (χ2n) is 7.40. The number of hydrogen-bond acceptors (Lipinski definition) is 3. The van der Waals surface area contributed by atoms with Gasteiger partial charge in [0, 0.05) is 17.0 Å². The van der Waals surface area contributed by atoms with Crippen LogP contribution >= 0.6 is 0 Å². The summed E-state index contributed by atoms with van der Waals surface area (Å²) in [6, 6.07) is 9.57. The van der Waals surface area contributed by atoms with Gasteiger partial charge in [-0.05, 0) is 37.8 Å². The van der Waals surface area contributed by atoms with Crippen LogP contribution in [0, 0.1) is 0 Å². The molecular weight excluding hydrogens is 316 g/mol. The van der Waals surface area contributed by atoms with E-state index in [1.807, 2.05) is 30.3 Å². The van der Waals surface area contributed by atoms with E-state index in [-0.39, 0.29) is 12.3 Å². The van der Waals surface area contributed by atoms with Crippen LogP contribution < -0.4 is 5.32 Å². The zero-order chi connectivity index (χ0) is 17.4. The van der Waals surface area contributed by atoms with Crippen LogP contribution in [0.25, 0.3) is 10.9 Å². The van der Waals surface area contributed by atoms with Gasteiger partial charge in [0.25, 0.3) is 5.91 Å². The molecule has 0 spiro atoms. The molecule has 2 aromatic rings. The van der Waals surface area contributed by atoms with Crippen molar-refractivity contribution in [2.24, 2.45) is 0 Å². The molecule has 2 aliphatic rings. The molecular formula is C20H22N2O3. The molecule has 0 aliphatic heterocycles. The van der Waals surface area contributed by atoms with Crippen LogP contribution in [-0.4, -0.2) is 27.5 Å². The minimum Gasteiger partial charge on any atom is -0.481 e. The highest BCUT2D eigenvalue weighted by Gasteiger charge is 2.38. The number of carbonyl (C=O) groups excluding carboxylic acids is 1. The monoisotopic (exact) mass is 338 g/mol. The van der Waals surface area contributed by atoms with E-state index in [1.54, 1.807) is 0 Å². The standard InChI is InChI=1S/C20H22N2O3/c23-18(24)12-20(9-3-4-10-20)22-19(25)15-11-17(13-7-8-13)21-16-6-2-1-5-14(15)16/h1-2,5-6,11,13H,3-4,7-10,12H2,(H,22,25)(H,23,24). The predicted molar refractivity (Wildman–Crippen MR) is 94.6 cm³/mol. The summed E-state index contributed by atoms with van der Waals surface area (Å²) >= 11 is 0. The van der Waals surface area contributed by atoms with E-state index >= 15 is 0 Å². The summed E-state index contributed by atoms with van der Waals surface area (Å²) in [4.78, 5) is 29.0. The quantitative estimate of drug-likeness (QED) is 0.872. The van der Waals surface area contributed by atoms with Gasteiger partial charge in [-0.2, -0.15) is 0 Å². The highest BCUT2D eigenvalue weighted by molar-refractivity contribution is 6.06. The molecule has 1 aromatic heterocycles. The van der Waals surface area contributed by atoms with Crippen molar-refractivity contribution >= 4 is 22.8 Å². The molecule has 0 radical (unpaired) electrons. The molecule has 0 bridgehead atoms. The average Bonchev–Trinajstić information content (AvgIpc) is 3.34. The first-order valence-corrected chi connectivity index (χ1v) is 9.00. The number of para-hydroxylation sites is 1. The van der Waals surface area contributed by atoms with E-state index in [1.165, 1.54) is 0 Å². The summed E-state index contributed by atoms with van der Waals surface area (Å²) in [7, 11) is 0. The maximum absolute atomic E-state index is 13.1. The van der Waals surface area contributed by atoms with Crippen molar-refractivity contribution in [2.75, 3.05) is 0 Å². The van der Waals surface area contributed by atoms with Crippen LogP contribution in [-0.2, 0) is 4.79 Å². The largest absolute Gasteiger partial charge is 0.481 e. The number of carbonyl (C=O) groups is 2. The first-order chi connectivity index (χ1) is 12.1. The van der Waals surface area contributed by atoms with Gasteiger partial charge in [-0.1, -0.05) is 31.0 Å². The van der Waals surface area contributed by atoms with Gasteiger partial charge in [0.2, 0.25) is 0 Å². The Morgan fingerprint density at radius 1 is 1.20 bits per heavy atom. The Hall–Kier alpha value is -2.43. The number of amides is 1. The second kappa shape index (κ2) is 6.14. The summed E-state index contributed by atoms with van der Waals surface area (Å²) < 4.78 is 0. The van der Waals surface area contributed by atoms with Crippen LogP contribution in [0.4, 0.5) is 0 Å². The molecule has 25 heavy (non-hydrogen) atoms. The van der Waals surface area contributed by atoms with Crippen LogP contribution in [0.3, 0.4) is 0 Å². The molecule has 0 atom stereocenters. The summed E-state index contributed by atoms with van der Waals surface area (Å²) in [5.74, 6) is -0.584. The lowest BCUT2D eigenvalue weighted by Gasteiger charge is -2.29. The molecule has 2 fully saturated rings. The minimum absolute atomic E-state index is 0.0166. The fourth-order valence-electron chi connectivity index (χ4n) is 3.97. The van der Waals surface area contributed by atoms with E-state index in [0.717, 1.165) is 55.1 Å². The zero-order valence-corrected chi connectivity index (χ0v) is 14.1. The van der Waals surface area contributed by atoms with E-state index < -0.39 is 11.5 Å². The molecule has 0 saturated heterocycles. The summed E-state index contributed by atoms with van der Waals surface area (Å²) in [5.41, 5.74) is 1.80. The van der Waals surface area contributed by atoms with Gasteiger partial charge in [0.05, 0.1) is 23.0 Å². The first-order valence-electron chi connectivity index (χ1n) is 9.00. The van der Waals surface area contributed by atoms with Crippen molar-refractivity contribution in [1.29, 1.82) is 0 Å². The van der Waals surface area contributed by atoms with Gasteiger partial charge in [-0.25, -0.2) is 0 Å². The summed E-state index contributed by atoms with van der Waals surface area (Å²) in [5, 5.41) is 13.2. The smallest absolute Gasteiger partial charge is 0.305 e. The molecule has 5 nitrogen and oxygen atoms in total. The van der Waals surface area contributed by atoms with Crippen molar-refractivity contribution < 1.29 is 14.7 Å². The topological polar surface area (TPSA) is 79.3 Å². The second-order valence-corrected chi connectivity index (χ2v) is 7.40. The Labute approximate surface area is 146 Å². The third kappa shape index (κ3) is 3.23. The minimum atomic E-state index is -0.861. The van der Waals surface area contributed by atoms with Gasteiger partial charge < -0.3 is 10.4 Å². The lowest BCUT2D eigenvalue weighted by molar-refractivity contribution is -0.138. The molecule has 0 unspecified atom stereocenters. The number of nitrogens with one attached hydrogen (secondary N) is 1. The molecule has 2 saturated carbocycles. The molecule has 4 rings (SSSR count). The van der Waals surface area contributed by atoms with Crippen molar-refractivity contribution in [1.82, 2.24) is 10.3 Å². The molecule has 130 valence electrons. The third-order valence-electron chi connectivity index (χ3n) is 5.41. The molecule has 2 N–H and O–H groups in total. The first kappa shape index (κ1) is 16.1. The average molecular weight is 338 g/mol. The third-order valence-corrected chi connectivity index (χ3v) is 5.41. The number of nitrogens with zero attached hydrogens (tertiary/aromatic N) is 1. The van der Waals surface area contributed by atoms with Crippen molar-refractivity contribution in [3.05, 3.63) is 41.6 Å². The number of carboxylic acid groups (broad SMARTS) is 1. The summed E-state index contributed by atoms with van der Waals surface area (Å²) in [6.45, 7) is 0. The predicted octanol–water partition coefficient (Wildman–Crippen LogP) is 3.63. The molecule has 1 heterocycles. The van der Waals surface area contributed by atoms with Crippen LogP contribution in [0.1, 0.15) is 66.9 Å². The Kier molecular flexibility index (Phi) is 3.94. The van der Waals surface area contributed by atoms with Gasteiger partial charge in [-0.15, -0.1) is 0 Å². The molecule has 5 heteroatoms. The van der Waals surface area contributed by atoms with Crippen molar-refractivity contribution in [3.8, 4) is 0 Å². The Morgan fingerprint density at radius 2 is 1.92 bits per heavy atom. The number of carboxylic acids is 1. The maximum Gasteiger partial charge on any atom is 0.305 e. The SMILES string of the molecule is O=C(O)CC1(NC(=O)c2cc(C3CC3)nc3ccccc23)CCCC1. The lowest BCUT2D eigenvalue weighted by atomic mass is 9.92. The van der Waals surface area contributed by atoms with Crippen LogP contribution in [0.5, 0.6) is 0 Å². The van der Waals surface area contributed by atoms with Crippen LogP contribution in [0.15, 0.2) is 30.3 Å². The van der Waals surface area contributed by atoms with Crippen molar-refractivity contribution in [3.63, 3.8) is 0 Å². The van der Waals surface area contributed by atoms with E-state index in [0.29, 0.717) is 11.5 Å². The number of rotatable bonds is 5. The Balaban J connectivity index is 1.70. The van der Waals surface area contributed by atoms with Gasteiger partial charge in [0.15, 0.2) is 0 Å². The highest BCUT2D eigenvalue weighted by Crippen LogP contribution is 2.40. The number of benzene rings is 1. The molecule has 2 aliphatic carbocycles. The maximum atomic E-state index is 13.1. The lowest BCUT2D eigenvalue weighted by Crippen LogP contribution is -2.47. The Morgan fingerprint density at radius 3 is 2.60 bits per heavy atom. The van der Waals surface area contributed by atoms with E-state index in [9.17, 15) is 14.7 Å². The number of pyridine rings is 1.